The van der Waals surface area contributed by atoms with Crippen LogP contribution >= 0.6 is 15.9 Å². The van der Waals surface area contributed by atoms with Gasteiger partial charge in [0.05, 0.1) is 6.61 Å². The molecule has 0 radical (unpaired) electrons. The Balaban J connectivity index is 2.55. The summed E-state index contributed by atoms with van der Waals surface area (Å²) in [5.41, 5.74) is 1.18. The summed E-state index contributed by atoms with van der Waals surface area (Å²) in [6.07, 6.45) is 0.910. The Bertz CT molecular complexity index is 331. The van der Waals surface area contributed by atoms with Gasteiger partial charge >= 0.3 is 0 Å². The van der Waals surface area contributed by atoms with Crippen molar-refractivity contribution in [3.63, 3.8) is 0 Å². The van der Waals surface area contributed by atoms with Crippen LogP contribution in [0.2, 0.25) is 0 Å². The number of rotatable bonds is 8. The second-order valence-corrected chi connectivity index (χ2v) is 4.64. The molecule has 0 saturated carbocycles. The summed E-state index contributed by atoms with van der Waals surface area (Å²) >= 11 is 3.48. The fourth-order valence-electron chi connectivity index (χ4n) is 1.47. The zero-order chi connectivity index (χ0) is 12.5. The topological polar surface area (TPSA) is 30.5 Å². The normalized spacial score (nSPS) is 10.5. The van der Waals surface area contributed by atoms with Gasteiger partial charge in [-0.15, -0.1) is 0 Å². The van der Waals surface area contributed by atoms with Crippen molar-refractivity contribution in [3.05, 3.63) is 28.2 Å². The summed E-state index contributed by atoms with van der Waals surface area (Å²) in [7, 11) is 1.70. The van der Waals surface area contributed by atoms with Gasteiger partial charge in [0.2, 0.25) is 0 Å². The highest BCUT2D eigenvalue weighted by Crippen LogP contribution is 2.23. The molecule has 0 spiro atoms. The van der Waals surface area contributed by atoms with E-state index >= 15 is 0 Å². The lowest BCUT2D eigenvalue weighted by molar-refractivity contribution is 0.171. The van der Waals surface area contributed by atoms with E-state index in [1.54, 1.807) is 7.11 Å². The molecular formula is C13H20BrNO2. The van der Waals surface area contributed by atoms with Crippen LogP contribution in [0.4, 0.5) is 0 Å². The molecule has 0 atom stereocenters. The van der Waals surface area contributed by atoms with E-state index in [1.165, 1.54) is 5.56 Å². The largest absolute Gasteiger partial charge is 0.493 e. The van der Waals surface area contributed by atoms with E-state index in [1.807, 2.05) is 12.1 Å². The molecule has 3 nitrogen and oxygen atoms in total. The highest BCUT2D eigenvalue weighted by atomic mass is 79.9. The molecule has 0 aliphatic heterocycles. The van der Waals surface area contributed by atoms with Crippen LogP contribution in [0.3, 0.4) is 0 Å². The van der Waals surface area contributed by atoms with Crippen LogP contribution in [0.25, 0.3) is 0 Å². The first-order chi connectivity index (χ1) is 8.27. The molecule has 96 valence electrons. The van der Waals surface area contributed by atoms with Gasteiger partial charge < -0.3 is 14.8 Å². The number of hydrogen-bond acceptors (Lipinski definition) is 3. The smallest absolute Gasteiger partial charge is 0.123 e. The Labute approximate surface area is 112 Å². The molecule has 0 aliphatic carbocycles. The quantitative estimate of drug-likeness (QED) is 0.749. The molecule has 1 aromatic rings. The van der Waals surface area contributed by atoms with Crippen molar-refractivity contribution in [2.75, 3.05) is 26.9 Å². The first kappa shape index (κ1) is 14.5. The molecule has 0 amide bonds. The summed E-state index contributed by atoms with van der Waals surface area (Å²) < 4.78 is 11.8. The Morgan fingerprint density at radius 1 is 1.29 bits per heavy atom. The van der Waals surface area contributed by atoms with Crippen molar-refractivity contribution in [2.45, 2.75) is 19.9 Å². The van der Waals surface area contributed by atoms with Gasteiger partial charge in [0.1, 0.15) is 5.75 Å². The average molecular weight is 302 g/mol. The van der Waals surface area contributed by atoms with Crippen LogP contribution in [-0.2, 0) is 11.3 Å². The van der Waals surface area contributed by atoms with E-state index in [0.29, 0.717) is 6.61 Å². The summed E-state index contributed by atoms with van der Waals surface area (Å²) in [6, 6.07) is 6.10. The van der Waals surface area contributed by atoms with Gasteiger partial charge in [-0.05, 0) is 24.7 Å². The molecule has 4 heteroatoms. The van der Waals surface area contributed by atoms with Crippen molar-refractivity contribution in [2.24, 2.45) is 0 Å². The Hall–Kier alpha value is -0.580. The fraction of sp³-hybridized carbons (Fsp3) is 0.538. The Kier molecular flexibility index (Phi) is 7.24. The van der Waals surface area contributed by atoms with Crippen LogP contribution in [0.5, 0.6) is 5.75 Å². The van der Waals surface area contributed by atoms with Gasteiger partial charge in [-0.3, -0.25) is 0 Å². The second kappa shape index (κ2) is 8.50. The molecule has 0 aromatic heterocycles. The molecule has 0 heterocycles. The number of benzene rings is 1. The van der Waals surface area contributed by atoms with Gasteiger partial charge in [-0.1, -0.05) is 22.9 Å². The van der Waals surface area contributed by atoms with Crippen LogP contribution in [0, 0.1) is 0 Å². The minimum absolute atomic E-state index is 0.689. The van der Waals surface area contributed by atoms with E-state index in [-0.39, 0.29) is 0 Å². The monoisotopic (exact) mass is 301 g/mol. The zero-order valence-electron chi connectivity index (χ0n) is 10.5. The molecule has 0 unspecified atom stereocenters. The predicted octanol–water partition coefficient (Wildman–Crippen LogP) is 2.97. The number of nitrogens with one attached hydrogen (secondary N) is 1. The van der Waals surface area contributed by atoms with Gasteiger partial charge in [0.15, 0.2) is 0 Å². The third-order valence-corrected chi connectivity index (χ3v) is 2.83. The molecule has 0 saturated heterocycles. The van der Waals surface area contributed by atoms with Crippen LogP contribution in [0.1, 0.15) is 18.9 Å². The Morgan fingerprint density at radius 2 is 2.12 bits per heavy atom. The van der Waals surface area contributed by atoms with E-state index in [4.69, 9.17) is 9.47 Å². The van der Waals surface area contributed by atoms with Crippen molar-refractivity contribution < 1.29 is 9.47 Å². The van der Waals surface area contributed by atoms with Crippen molar-refractivity contribution in [3.8, 4) is 5.75 Å². The summed E-state index contributed by atoms with van der Waals surface area (Å²) in [5, 5.41) is 3.31. The van der Waals surface area contributed by atoms with Gasteiger partial charge in [0.25, 0.3) is 0 Å². The minimum atomic E-state index is 0.689. The van der Waals surface area contributed by atoms with Crippen molar-refractivity contribution in [1.82, 2.24) is 5.32 Å². The lowest BCUT2D eigenvalue weighted by Crippen LogP contribution is -2.13. The van der Waals surface area contributed by atoms with E-state index < -0.39 is 0 Å². The molecule has 0 fully saturated rings. The first-order valence-corrected chi connectivity index (χ1v) is 6.68. The lowest BCUT2D eigenvalue weighted by Gasteiger charge is -2.12. The highest BCUT2D eigenvalue weighted by Gasteiger charge is 2.04. The first-order valence-electron chi connectivity index (χ1n) is 5.88. The maximum atomic E-state index is 5.75. The number of ether oxygens (including phenoxy) is 2. The van der Waals surface area contributed by atoms with Gasteiger partial charge in [-0.2, -0.15) is 0 Å². The average Bonchev–Trinajstić information content (AvgIpc) is 2.34. The van der Waals surface area contributed by atoms with Crippen molar-refractivity contribution >= 4 is 15.9 Å². The molecule has 0 bridgehead atoms. The summed E-state index contributed by atoms with van der Waals surface area (Å²) in [6.45, 7) is 5.30. The van der Waals surface area contributed by atoms with Crippen molar-refractivity contribution in [1.29, 1.82) is 0 Å². The zero-order valence-corrected chi connectivity index (χ0v) is 12.0. The summed E-state index contributed by atoms with van der Waals surface area (Å²) in [4.78, 5) is 0. The number of hydrogen-bond donors (Lipinski definition) is 1. The van der Waals surface area contributed by atoms with Gasteiger partial charge in [0, 0.05) is 36.7 Å². The standard InChI is InChI=1S/C13H20BrNO2/c1-3-15-10-11-9-12(14)5-6-13(11)17-8-4-7-16-2/h5-6,9,15H,3-4,7-8,10H2,1-2H3. The van der Waals surface area contributed by atoms with E-state index in [2.05, 4.69) is 34.2 Å². The molecule has 17 heavy (non-hydrogen) atoms. The highest BCUT2D eigenvalue weighted by molar-refractivity contribution is 9.10. The molecular weight excluding hydrogens is 282 g/mol. The molecule has 1 rings (SSSR count). The number of halogens is 1. The maximum Gasteiger partial charge on any atom is 0.123 e. The summed E-state index contributed by atoms with van der Waals surface area (Å²) in [5.74, 6) is 0.949. The molecule has 0 aliphatic rings. The number of methoxy groups -OCH3 is 1. The van der Waals surface area contributed by atoms with E-state index in [9.17, 15) is 0 Å². The third-order valence-electron chi connectivity index (χ3n) is 2.34. The fourth-order valence-corrected chi connectivity index (χ4v) is 1.88. The molecule has 1 aromatic carbocycles. The third kappa shape index (κ3) is 5.52. The van der Waals surface area contributed by atoms with Crippen LogP contribution < -0.4 is 10.1 Å². The predicted molar refractivity (Wildman–Crippen MR) is 73.5 cm³/mol. The maximum absolute atomic E-state index is 5.75. The van der Waals surface area contributed by atoms with Crippen LogP contribution in [-0.4, -0.2) is 26.9 Å². The minimum Gasteiger partial charge on any atom is -0.493 e. The SMILES string of the molecule is CCNCc1cc(Br)ccc1OCCCOC. The van der Waals surface area contributed by atoms with E-state index in [0.717, 1.165) is 36.3 Å². The second-order valence-electron chi connectivity index (χ2n) is 3.73. The molecule has 1 N–H and O–H groups in total. The Morgan fingerprint density at radius 3 is 2.82 bits per heavy atom. The van der Waals surface area contributed by atoms with Crippen LogP contribution in [0.15, 0.2) is 22.7 Å². The lowest BCUT2D eigenvalue weighted by atomic mass is 10.2. The van der Waals surface area contributed by atoms with Gasteiger partial charge in [-0.25, -0.2) is 0 Å².